The molecule has 11 heteroatoms. The van der Waals surface area contributed by atoms with E-state index in [1.165, 1.54) is 11.4 Å². The number of carbonyl (C=O) groups is 1. The van der Waals surface area contributed by atoms with Gasteiger partial charge in [-0.05, 0) is 65.9 Å². The lowest BCUT2D eigenvalue weighted by Gasteiger charge is -2.36. The fraction of sp³-hybridized carbons (Fsp3) is 0.295. The third-order valence-corrected chi connectivity index (χ3v) is 12.7. The topological polar surface area (TPSA) is 115 Å². The van der Waals surface area contributed by atoms with Gasteiger partial charge in [-0.15, -0.1) is 0 Å². The molecule has 1 fully saturated rings. The molecule has 55 heavy (non-hydrogen) atoms. The highest BCUT2D eigenvalue weighted by atomic mass is 32.2. The average Bonchev–Trinajstić information content (AvgIpc) is 3.85. The number of anilines is 1. The summed E-state index contributed by atoms with van der Waals surface area (Å²) in [4.78, 5) is 17.5. The van der Waals surface area contributed by atoms with Gasteiger partial charge in [-0.1, -0.05) is 97.1 Å². The fourth-order valence-electron chi connectivity index (χ4n) is 8.74. The summed E-state index contributed by atoms with van der Waals surface area (Å²) in [6.45, 7) is 3.49. The molecule has 0 saturated carbocycles. The Morgan fingerprint density at radius 2 is 1.40 bits per heavy atom. The van der Waals surface area contributed by atoms with E-state index < -0.39 is 46.5 Å². The van der Waals surface area contributed by atoms with Gasteiger partial charge in [-0.2, -0.15) is 0 Å². The number of ether oxygens (including phenoxy) is 4. The number of methoxy groups -OCH3 is 1. The van der Waals surface area contributed by atoms with E-state index in [1.54, 1.807) is 42.5 Å². The molecular weight excluding hydrogens is 717 g/mol. The second kappa shape index (κ2) is 15.0. The first kappa shape index (κ1) is 37.1. The second-order valence-electron chi connectivity index (χ2n) is 13.8. The molecule has 1 aliphatic carbocycles. The molecule has 5 aromatic carbocycles. The lowest BCUT2D eigenvalue weighted by molar-refractivity contribution is -0.140. The number of nitrogens with zero attached hydrogens (tertiary/aromatic N) is 2. The summed E-state index contributed by atoms with van der Waals surface area (Å²) in [7, 11) is -2.80. The maximum absolute atomic E-state index is 15.3. The van der Waals surface area contributed by atoms with Crippen LogP contribution in [-0.2, 0) is 34.6 Å². The van der Waals surface area contributed by atoms with Crippen LogP contribution in [0, 0.1) is 0 Å². The van der Waals surface area contributed by atoms with E-state index in [0.29, 0.717) is 18.8 Å². The van der Waals surface area contributed by atoms with Crippen LogP contribution < -0.4 is 9.04 Å². The number of aliphatic hydroxyl groups is 1. The van der Waals surface area contributed by atoms with E-state index in [-0.39, 0.29) is 41.0 Å². The third kappa shape index (κ3) is 5.97. The summed E-state index contributed by atoms with van der Waals surface area (Å²) in [6.07, 6.45) is -0.863. The first-order chi connectivity index (χ1) is 26.8. The van der Waals surface area contributed by atoms with Gasteiger partial charge in [0.1, 0.15) is 5.75 Å². The van der Waals surface area contributed by atoms with Gasteiger partial charge in [0.25, 0.3) is 10.0 Å². The summed E-state index contributed by atoms with van der Waals surface area (Å²) in [5, 5.41) is 11.3. The minimum absolute atomic E-state index is 0.0706. The number of benzene rings is 5. The van der Waals surface area contributed by atoms with Crippen LogP contribution in [0.25, 0.3) is 11.1 Å². The molecule has 284 valence electrons. The van der Waals surface area contributed by atoms with E-state index in [4.69, 9.17) is 18.9 Å². The van der Waals surface area contributed by atoms with Crippen molar-refractivity contribution < 1.29 is 37.3 Å². The summed E-state index contributed by atoms with van der Waals surface area (Å²) in [5.74, 6) is -1.19. The SMILES string of the molecule is CCOC(OCC)c1cc(OCOC)c2c(c1)N(S(=O)(=O)c1ccccc1)C[C@H]1[C@@H](C(=O)[C@H]2CO)N1C1(c2ccccc2)c2ccccc2-c2ccccc21. The number of rotatable bonds is 13. The average molecular weight is 761 g/mol. The molecule has 10 nitrogen and oxygen atoms in total. The Morgan fingerprint density at radius 3 is 1.98 bits per heavy atom. The van der Waals surface area contributed by atoms with Crippen molar-refractivity contribution in [2.24, 2.45) is 0 Å². The van der Waals surface area contributed by atoms with Crippen LogP contribution in [0.1, 0.15) is 53.9 Å². The Hall–Kier alpha value is -4.88. The van der Waals surface area contributed by atoms with Gasteiger partial charge in [-0.3, -0.25) is 14.0 Å². The molecule has 3 aliphatic rings. The van der Waals surface area contributed by atoms with Crippen molar-refractivity contribution >= 4 is 21.5 Å². The molecule has 1 saturated heterocycles. The number of fused-ring (bicyclic) bond motifs is 5. The van der Waals surface area contributed by atoms with Gasteiger partial charge in [0.2, 0.25) is 0 Å². The van der Waals surface area contributed by atoms with E-state index in [2.05, 4.69) is 41.3 Å². The van der Waals surface area contributed by atoms with Crippen molar-refractivity contribution in [3.63, 3.8) is 0 Å². The Labute approximate surface area is 321 Å². The highest BCUT2D eigenvalue weighted by molar-refractivity contribution is 7.92. The normalized spacial score (nSPS) is 20.9. The van der Waals surface area contributed by atoms with Gasteiger partial charge in [0.15, 0.2) is 18.9 Å². The fourth-order valence-corrected chi connectivity index (χ4v) is 10.3. The van der Waals surface area contributed by atoms with E-state index in [1.807, 2.05) is 56.3 Å². The van der Waals surface area contributed by atoms with Crippen molar-refractivity contribution in [3.8, 4) is 16.9 Å². The molecule has 0 aromatic heterocycles. The maximum Gasteiger partial charge on any atom is 0.264 e. The van der Waals surface area contributed by atoms with Crippen LogP contribution in [0.5, 0.6) is 5.75 Å². The Balaban J connectivity index is 1.40. The Morgan fingerprint density at radius 1 is 0.818 bits per heavy atom. The van der Waals surface area contributed by atoms with E-state index in [0.717, 1.165) is 27.8 Å². The second-order valence-corrected chi connectivity index (χ2v) is 15.7. The Bertz CT molecular complexity index is 2250. The standard InChI is InChI=1S/C44H44N2O8S/c1-4-52-43(53-5-2)29-24-37-40(39(25-29)54-28-51-3)34(27-47)42(48)41-38(26-45(37)55(49,50)31-18-10-7-11-19-31)46(41)44(30-16-8-6-9-17-30)35-22-14-12-20-32(35)33-21-13-15-23-36(33)44/h6-25,34,38,41,43,47H,4-5,26-28H2,1-3H3/t34-,38-,41-,46?/m0/s1. The molecule has 8 rings (SSSR count). The largest absolute Gasteiger partial charge is 0.467 e. The molecule has 5 aromatic rings. The minimum atomic E-state index is -4.28. The molecule has 1 unspecified atom stereocenters. The molecular formula is C44H44N2O8S. The lowest BCUT2D eigenvalue weighted by atomic mass is 9.80. The monoisotopic (exact) mass is 760 g/mol. The van der Waals surface area contributed by atoms with Crippen LogP contribution in [-0.4, -0.2) is 76.6 Å². The molecule has 0 spiro atoms. The number of Topliss-reactive ketones (excluding diaryl/α,β-unsaturated/α-hetero) is 1. The van der Waals surface area contributed by atoms with Gasteiger partial charge in [0, 0.05) is 31.5 Å². The third-order valence-electron chi connectivity index (χ3n) is 10.9. The summed E-state index contributed by atoms with van der Waals surface area (Å²) >= 11 is 0. The minimum Gasteiger partial charge on any atom is -0.467 e. The van der Waals surface area contributed by atoms with Gasteiger partial charge < -0.3 is 24.1 Å². The zero-order chi connectivity index (χ0) is 38.3. The maximum atomic E-state index is 15.3. The number of carbonyl (C=O) groups excluding carboxylic acids is 1. The predicted molar refractivity (Wildman–Crippen MR) is 208 cm³/mol. The first-order valence-electron chi connectivity index (χ1n) is 18.6. The van der Waals surface area contributed by atoms with Gasteiger partial charge >= 0.3 is 0 Å². The zero-order valence-corrected chi connectivity index (χ0v) is 31.8. The number of ketones is 1. The van der Waals surface area contributed by atoms with Gasteiger partial charge in [0.05, 0.1) is 47.3 Å². The first-order valence-corrected chi connectivity index (χ1v) is 20.0. The Kier molecular flexibility index (Phi) is 10.1. The molecule has 2 aliphatic heterocycles. The van der Waals surface area contributed by atoms with Crippen LogP contribution >= 0.6 is 0 Å². The molecule has 4 atom stereocenters. The van der Waals surface area contributed by atoms with Crippen LogP contribution in [0.3, 0.4) is 0 Å². The molecule has 0 radical (unpaired) electrons. The quantitative estimate of drug-likeness (QED) is 0.105. The molecule has 2 heterocycles. The van der Waals surface area contributed by atoms with Gasteiger partial charge in [-0.25, -0.2) is 8.42 Å². The highest BCUT2D eigenvalue weighted by Gasteiger charge is 2.67. The number of hydrogen-bond acceptors (Lipinski definition) is 9. The zero-order valence-electron chi connectivity index (χ0n) is 31.0. The van der Waals surface area contributed by atoms with Crippen molar-refractivity contribution in [3.05, 3.63) is 149 Å². The van der Waals surface area contributed by atoms with E-state index in [9.17, 15) is 5.11 Å². The van der Waals surface area contributed by atoms with Crippen molar-refractivity contribution in [1.29, 1.82) is 0 Å². The smallest absolute Gasteiger partial charge is 0.264 e. The lowest BCUT2D eigenvalue weighted by Crippen LogP contribution is -2.41. The van der Waals surface area contributed by atoms with E-state index >= 15 is 13.2 Å². The van der Waals surface area contributed by atoms with Crippen LogP contribution in [0.15, 0.2) is 126 Å². The summed E-state index contributed by atoms with van der Waals surface area (Å²) in [5.41, 5.74) is 5.04. The molecule has 0 amide bonds. The summed E-state index contributed by atoms with van der Waals surface area (Å²) in [6, 6.07) is 36.8. The summed E-state index contributed by atoms with van der Waals surface area (Å²) < 4.78 is 55.1. The molecule has 0 bridgehead atoms. The predicted octanol–water partition coefficient (Wildman–Crippen LogP) is 6.62. The van der Waals surface area contributed by atoms with Crippen molar-refractivity contribution in [2.75, 3.05) is 44.6 Å². The van der Waals surface area contributed by atoms with Crippen LogP contribution in [0.4, 0.5) is 5.69 Å². The number of hydrogen-bond donors (Lipinski definition) is 1. The number of sulfonamides is 1. The van der Waals surface area contributed by atoms with Crippen molar-refractivity contribution in [1.82, 2.24) is 4.90 Å². The van der Waals surface area contributed by atoms with Crippen molar-refractivity contribution in [2.45, 2.75) is 48.6 Å². The molecule has 1 N–H and O–H groups in total. The van der Waals surface area contributed by atoms with Crippen LogP contribution in [0.2, 0.25) is 0 Å². The number of aliphatic hydroxyl groups excluding tert-OH is 1. The highest BCUT2D eigenvalue weighted by Crippen LogP contribution is 2.61.